The van der Waals surface area contributed by atoms with Gasteiger partial charge in [0.25, 0.3) is 20.2 Å². The summed E-state index contributed by atoms with van der Waals surface area (Å²) in [5.41, 5.74) is 3.52. The second kappa shape index (κ2) is 20.3. The zero-order valence-corrected chi connectivity index (χ0v) is 36.8. The summed E-state index contributed by atoms with van der Waals surface area (Å²) in [6.45, 7) is -1.34. The monoisotopic (exact) mass is 1030 g/mol. The van der Waals surface area contributed by atoms with E-state index in [2.05, 4.69) is 43.4 Å². The smallest absolute Gasteiger partial charge is 0.397 e. The summed E-state index contributed by atoms with van der Waals surface area (Å²) in [4.78, 5) is -2.82. The molecule has 34 heteroatoms. The first-order valence-corrected chi connectivity index (χ1v) is 25.4. The molecule has 5 aromatic rings. The summed E-state index contributed by atoms with van der Waals surface area (Å²) in [6, 6.07) is 11.4. The Bertz CT molecular complexity index is 3230. The van der Waals surface area contributed by atoms with Crippen molar-refractivity contribution in [3.8, 4) is 5.75 Å². The van der Waals surface area contributed by atoms with E-state index in [1.807, 2.05) is 0 Å². The Morgan fingerprint density at radius 3 is 1.89 bits per heavy atom. The molecule has 0 amide bonds. The van der Waals surface area contributed by atoms with Gasteiger partial charge in [0.15, 0.2) is 37.7 Å². The quantitative estimate of drug-likeness (QED) is 0.00919. The third-order valence-corrected chi connectivity index (χ3v) is 14.8. The van der Waals surface area contributed by atoms with Gasteiger partial charge in [0.2, 0.25) is 0 Å². The molecule has 0 fully saturated rings. The van der Waals surface area contributed by atoms with Gasteiger partial charge in [-0.1, -0.05) is 22.2 Å². The van der Waals surface area contributed by atoms with Gasteiger partial charge in [0, 0.05) is 5.39 Å². The molecule has 5 aromatic carbocycles. The van der Waals surface area contributed by atoms with Crippen LogP contribution in [-0.4, -0.2) is 96.1 Å². The highest BCUT2D eigenvalue weighted by atomic mass is 32.3. The fraction of sp³-hybridized carbons (Fsp3) is 0.133. The number of anilines is 1. The lowest BCUT2D eigenvalue weighted by atomic mass is 10.1. The zero-order valence-electron chi connectivity index (χ0n) is 31.1. The van der Waals surface area contributed by atoms with E-state index in [1.165, 1.54) is 6.07 Å². The van der Waals surface area contributed by atoms with Crippen LogP contribution in [0.2, 0.25) is 0 Å². The lowest BCUT2D eigenvalue weighted by Crippen LogP contribution is -2.15. The van der Waals surface area contributed by atoms with Crippen LogP contribution in [0.15, 0.2) is 112 Å². The van der Waals surface area contributed by atoms with Crippen molar-refractivity contribution < 1.29 is 98.5 Å². The highest BCUT2D eigenvalue weighted by Gasteiger charge is 2.27. The SMILES string of the molecule is Nc1c(N=Nc2ccc(S(=O)(=O)CCOS(=O)(=O)O)cc2)c(S(=O)(=O)O)cc2cc(SOOO)c(N=Nc3ccc4cc(S(=O)(=O)CCOSOOO)ccc4c3S(=O)(=O)O)c(O)c12. The molecule has 0 aliphatic heterocycles. The molecular formula is C30H27N5O22S7. The molecule has 0 heterocycles. The average Bonchev–Trinajstić information content (AvgIpc) is 3.20. The summed E-state index contributed by atoms with van der Waals surface area (Å²) in [5.74, 6) is -2.39. The van der Waals surface area contributed by atoms with Gasteiger partial charge in [-0.3, -0.25) is 17.8 Å². The number of sulfone groups is 2. The van der Waals surface area contributed by atoms with Crippen LogP contribution in [0.3, 0.4) is 0 Å². The van der Waals surface area contributed by atoms with Crippen LogP contribution in [0.4, 0.5) is 28.4 Å². The van der Waals surface area contributed by atoms with E-state index >= 15 is 0 Å². The van der Waals surface area contributed by atoms with Crippen molar-refractivity contribution in [2.45, 2.75) is 24.5 Å². The van der Waals surface area contributed by atoms with Crippen molar-refractivity contribution in [2.24, 2.45) is 20.5 Å². The minimum atomic E-state index is -5.20. The second-order valence-electron chi connectivity index (χ2n) is 12.1. The third-order valence-electron chi connectivity index (χ3n) is 8.13. The van der Waals surface area contributed by atoms with Crippen LogP contribution in [0.25, 0.3) is 21.5 Å². The van der Waals surface area contributed by atoms with E-state index in [4.69, 9.17) is 25.0 Å². The average molecular weight is 1030 g/mol. The lowest BCUT2D eigenvalue weighted by Gasteiger charge is -2.14. The number of fused-ring (bicyclic) bond motifs is 2. The predicted octanol–water partition coefficient (Wildman–Crippen LogP) is 5.40. The van der Waals surface area contributed by atoms with Crippen molar-refractivity contribution in [1.82, 2.24) is 0 Å². The first kappa shape index (κ1) is 50.4. The highest BCUT2D eigenvalue weighted by Crippen LogP contribution is 2.50. The molecule has 0 saturated carbocycles. The van der Waals surface area contributed by atoms with Crippen LogP contribution in [0.5, 0.6) is 5.75 Å². The minimum Gasteiger partial charge on any atom is -0.505 e. The number of azo groups is 2. The van der Waals surface area contributed by atoms with Crippen LogP contribution in [0.1, 0.15) is 0 Å². The second-order valence-corrected chi connectivity index (χ2v) is 21.4. The Morgan fingerprint density at radius 1 is 0.641 bits per heavy atom. The number of rotatable bonds is 21. The maximum atomic E-state index is 12.9. The highest BCUT2D eigenvalue weighted by molar-refractivity contribution is 7.94. The third kappa shape index (κ3) is 12.4. The molecule has 0 aromatic heterocycles. The topological polar surface area (TPSA) is 423 Å². The summed E-state index contributed by atoms with van der Waals surface area (Å²) >= 11 is 0.292. The van der Waals surface area contributed by atoms with Gasteiger partial charge in [-0.2, -0.15) is 30.4 Å². The molecule has 27 nitrogen and oxygen atoms in total. The fourth-order valence-electron chi connectivity index (χ4n) is 5.46. The standard InChI is InChI=1S/C30H27N5O22S7/c31-26-25-17(15-24(62(43,44)45)28(26)35-32-18-2-4-19(5-3-18)60(39,40)12-10-53-64(49,50)51)14-23(58-56-54-37)27(29(25)36)34-33-22-8-1-16-13-20(6-7-21(16)30(22)63(46,47)48)61(41,42)11-9-52-59-57-55-38/h1-8,13-15,36-38H,9-12,31H2,(H,43,44,45)(H,46,47,48)(H,49,50,51). The number of phenolic OH excluding ortho intramolecular Hbond substituents is 1. The van der Waals surface area contributed by atoms with Crippen LogP contribution < -0.4 is 5.73 Å². The molecule has 0 aliphatic carbocycles. The van der Waals surface area contributed by atoms with E-state index in [0.29, 0.717) is 0 Å². The number of hydrogen-bond donors (Lipinski definition) is 7. The van der Waals surface area contributed by atoms with Crippen molar-refractivity contribution in [3.63, 3.8) is 0 Å². The fourth-order valence-corrected chi connectivity index (χ4v) is 10.4. The minimum absolute atomic E-state index is 0.0211. The van der Waals surface area contributed by atoms with Gasteiger partial charge in [-0.05, 0) is 65.4 Å². The molecule has 8 N–H and O–H groups in total. The Morgan fingerprint density at radius 2 is 1.27 bits per heavy atom. The number of nitrogen functional groups attached to an aromatic ring is 1. The predicted molar refractivity (Wildman–Crippen MR) is 219 cm³/mol. The molecule has 0 unspecified atom stereocenters. The molecular weight excluding hydrogens is 1010 g/mol. The Hall–Kier alpha value is -4.57. The first-order chi connectivity index (χ1) is 29.9. The van der Waals surface area contributed by atoms with Gasteiger partial charge >= 0.3 is 10.4 Å². The molecule has 346 valence electrons. The van der Waals surface area contributed by atoms with E-state index in [9.17, 15) is 56.3 Å². The maximum Gasteiger partial charge on any atom is 0.397 e. The lowest BCUT2D eigenvalue weighted by molar-refractivity contribution is -0.434. The number of phenols is 1. The van der Waals surface area contributed by atoms with E-state index in [-0.39, 0.29) is 60.9 Å². The summed E-state index contributed by atoms with van der Waals surface area (Å²) in [5, 5.41) is 49.9. The number of nitrogens with two attached hydrogens (primary N) is 1. The van der Waals surface area contributed by atoms with Crippen molar-refractivity contribution >= 4 is 125 Å². The summed E-state index contributed by atoms with van der Waals surface area (Å²) in [6.07, 6.45) is 0. The molecule has 0 radical (unpaired) electrons. The number of hydrogen-bond acceptors (Lipinski definition) is 26. The molecule has 0 bridgehead atoms. The number of aromatic hydroxyl groups is 1. The van der Waals surface area contributed by atoms with E-state index in [0.717, 1.165) is 60.7 Å². The van der Waals surface area contributed by atoms with E-state index < -0.39 is 119 Å². The van der Waals surface area contributed by atoms with Crippen LogP contribution in [0, 0.1) is 0 Å². The number of nitrogens with zero attached hydrogens (tertiary/aromatic N) is 4. The van der Waals surface area contributed by atoms with Crippen LogP contribution >= 0.6 is 24.4 Å². The van der Waals surface area contributed by atoms with Crippen LogP contribution in [-0.2, 0) is 77.4 Å². The molecule has 0 saturated heterocycles. The van der Waals surface area contributed by atoms with Gasteiger partial charge in [0.05, 0.1) is 68.2 Å². The van der Waals surface area contributed by atoms with Crippen molar-refractivity contribution in [3.05, 3.63) is 66.7 Å². The van der Waals surface area contributed by atoms with Crippen molar-refractivity contribution in [2.75, 3.05) is 30.5 Å². The normalized spacial score (nSPS) is 13.2. The van der Waals surface area contributed by atoms with Gasteiger partial charge < -0.3 is 10.8 Å². The molecule has 64 heavy (non-hydrogen) atoms. The van der Waals surface area contributed by atoms with Gasteiger partial charge in [-0.25, -0.2) is 31.5 Å². The first-order valence-electron chi connectivity index (χ1n) is 16.4. The molecule has 0 spiro atoms. The largest absolute Gasteiger partial charge is 0.505 e. The van der Waals surface area contributed by atoms with Gasteiger partial charge in [0.1, 0.15) is 26.9 Å². The maximum absolute atomic E-state index is 12.9. The zero-order chi connectivity index (χ0) is 47.3. The Labute approximate surface area is 369 Å². The van der Waals surface area contributed by atoms with Crippen molar-refractivity contribution in [1.29, 1.82) is 0 Å². The number of benzene rings is 5. The molecule has 0 aliphatic rings. The Balaban J connectivity index is 1.58. The molecule has 0 atom stereocenters. The Kier molecular flexibility index (Phi) is 16.0. The van der Waals surface area contributed by atoms with Gasteiger partial charge in [-0.15, -0.1) is 24.0 Å². The molecule has 5 rings (SSSR count). The van der Waals surface area contributed by atoms with E-state index in [1.54, 1.807) is 0 Å². The summed E-state index contributed by atoms with van der Waals surface area (Å²) < 4.78 is 169. The summed E-state index contributed by atoms with van der Waals surface area (Å²) in [7, 11) is -23.5.